The SMILES string of the molecule is CCOc1ccc2c(c1)C1NNC(c3ccccc3)C1CN2Cc1ccccc1. The maximum Gasteiger partial charge on any atom is 0.119 e. The largest absolute Gasteiger partial charge is 0.494 e. The van der Waals surface area contributed by atoms with E-state index in [1.807, 2.05) is 6.92 Å². The van der Waals surface area contributed by atoms with Crippen molar-refractivity contribution in [2.24, 2.45) is 5.92 Å². The number of hydrogen-bond acceptors (Lipinski definition) is 4. The van der Waals surface area contributed by atoms with Crippen LogP contribution in [0, 0.1) is 5.92 Å². The highest BCUT2D eigenvalue weighted by molar-refractivity contribution is 5.61. The van der Waals surface area contributed by atoms with Crippen LogP contribution < -0.4 is 20.5 Å². The summed E-state index contributed by atoms with van der Waals surface area (Å²) in [6.45, 7) is 4.62. The van der Waals surface area contributed by atoms with Gasteiger partial charge in [-0.3, -0.25) is 0 Å². The Labute approximate surface area is 172 Å². The van der Waals surface area contributed by atoms with E-state index in [9.17, 15) is 0 Å². The molecule has 3 atom stereocenters. The van der Waals surface area contributed by atoms with Crippen LogP contribution in [0.15, 0.2) is 78.9 Å². The maximum atomic E-state index is 5.82. The normalized spacial score (nSPS) is 22.8. The standard InChI is InChI=1S/C25H27N3O/c1-2-29-20-13-14-23-21(15-20)25-22(17-28(23)16-18-9-5-3-6-10-18)24(26-27-25)19-11-7-4-8-12-19/h3-15,22,24-27H,2,16-17H2,1H3. The quantitative estimate of drug-likeness (QED) is 0.672. The maximum absolute atomic E-state index is 5.82. The van der Waals surface area contributed by atoms with Gasteiger partial charge < -0.3 is 9.64 Å². The number of nitrogens with one attached hydrogen (secondary N) is 2. The van der Waals surface area contributed by atoms with E-state index < -0.39 is 0 Å². The van der Waals surface area contributed by atoms with Crippen LogP contribution in [0.1, 0.15) is 35.7 Å². The summed E-state index contributed by atoms with van der Waals surface area (Å²) in [4.78, 5) is 2.52. The summed E-state index contributed by atoms with van der Waals surface area (Å²) in [7, 11) is 0. The van der Waals surface area contributed by atoms with Crippen LogP contribution in [0.5, 0.6) is 5.75 Å². The lowest BCUT2D eigenvalue weighted by molar-refractivity contribution is 0.337. The van der Waals surface area contributed by atoms with Crippen molar-refractivity contribution in [2.45, 2.75) is 25.6 Å². The number of anilines is 1. The summed E-state index contributed by atoms with van der Waals surface area (Å²) in [5.74, 6) is 1.38. The van der Waals surface area contributed by atoms with Crippen LogP contribution in [-0.4, -0.2) is 13.2 Å². The van der Waals surface area contributed by atoms with Gasteiger partial charge in [-0.05, 0) is 41.8 Å². The Kier molecular flexibility index (Phi) is 4.96. The molecule has 3 aromatic rings. The van der Waals surface area contributed by atoms with Crippen molar-refractivity contribution >= 4 is 5.69 Å². The van der Waals surface area contributed by atoms with Crippen LogP contribution in [0.25, 0.3) is 0 Å². The molecule has 2 N–H and O–H groups in total. The molecule has 2 aliphatic rings. The Balaban J connectivity index is 1.52. The molecular weight excluding hydrogens is 358 g/mol. The van der Waals surface area contributed by atoms with Gasteiger partial charge in [0, 0.05) is 24.7 Å². The molecule has 2 heterocycles. The van der Waals surface area contributed by atoms with Crippen LogP contribution >= 0.6 is 0 Å². The molecule has 0 saturated carbocycles. The minimum Gasteiger partial charge on any atom is -0.494 e. The lowest BCUT2D eigenvalue weighted by Crippen LogP contribution is -2.39. The van der Waals surface area contributed by atoms with Gasteiger partial charge in [0.2, 0.25) is 0 Å². The molecule has 0 spiro atoms. The highest BCUT2D eigenvalue weighted by Gasteiger charge is 2.43. The zero-order valence-electron chi connectivity index (χ0n) is 16.7. The van der Waals surface area contributed by atoms with Gasteiger partial charge in [0.05, 0.1) is 18.7 Å². The summed E-state index contributed by atoms with van der Waals surface area (Å²) in [5.41, 5.74) is 12.4. The fourth-order valence-electron chi connectivity index (χ4n) is 4.73. The van der Waals surface area contributed by atoms with Crippen molar-refractivity contribution in [3.05, 3.63) is 95.6 Å². The molecule has 29 heavy (non-hydrogen) atoms. The van der Waals surface area contributed by atoms with E-state index in [0.717, 1.165) is 18.8 Å². The van der Waals surface area contributed by atoms with Gasteiger partial charge in [-0.2, -0.15) is 0 Å². The number of rotatable bonds is 5. The lowest BCUT2D eigenvalue weighted by atomic mass is 9.82. The fraction of sp³-hybridized carbons (Fsp3) is 0.280. The number of ether oxygens (including phenoxy) is 1. The van der Waals surface area contributed by atoms with Crippen LogP contribution in [-0.2, 0) is 6.54 Å². The highest BCUT2D eigenvalue weighted by Crippen LogP contribution is 2.46. The van der Waals surface area contributed by atoms with Gasteiger partial charge >= 0.3 is 0 Å². The van der Waals surface area contributed by atoms with E-state index in [1.165, 1.54) is 22.4 Å². The van der Waals surface area contributed by atoms with Gasteiger partial charge in [-0.1, -0.05) is 60.7 Å². The Hall–Kier alpha value is -2.82. The Bertz CT molecular complexity index is 960. The molecule has 3 unspecified atom stereocenters. The zero-order valence-corrected chi connectivity index (χ0v) is 16.7. The van der Waals surface area contributed by atoms with Crippen molar-refractivity contribution in [2.75, 3.05) is 18.1 Å². The first kappa shape index (κ1) is 18.2. The summed E-state index contributed by atoms with van der Waals surface area (Å²) in [6.07, 6.45) is 0. The van der Waals surface area contributed by atoms with Crippen LogP contribution in [0.3, 0.4) is 0 Å². The molecule has 1 saturated heterocycles. The third-order valence-corrected chi connectivity index (χ3v) is 6.04. The van der Waals surface area contributed by atoms with Crippen molar-refractivity contribution < 1.29 is 4.74 Å². The monoisotopic (exact) mass is 385 g/mol. The lowest BCUT2D eigenvalue weighted by Gasteiger charge is -2.39. The number of benzene rings is 3. The van der Waals surface area contributed by atoms with Crippen molar-refractivity contribution in [3.8, 4) is 5.75 Å². The Morgan fingerprint density at radius 2 is 1.62 bits per heavy atom. The van der Waals surface area contributed by atoms with Gasteiger partial charge in [-0.15, -0.1) is 0 Å². The topological polar surface area (TPSA) is 36.5 Å². The minimum absolute atomic E-state index is 0.266. The summed E-state index contributed by atoms with van der Waals surface area (Å²) < 4.78 is 5.82. The number of fused-ring (bicyclic) bond motifs is 3. The number of hydrogen-bond donors (Lipinski definition) is 2. The van der Waals surface area contributed by atoms with Crippen LogP contribution in [0.2, 0.25) is 0 Å². The number of hydrazine groups is 1. The van der Waals surface area contributed by atoms with E-state index in [1.54, 1.807) is 0 Å². The van der Waals surface area contributed by atoms with Crippen molar-refractivity contribution in [3.63, 3.8) is 0 Å². The Morgan fingerprint density at radius 3 is 2.38 bits per heavy atom. The minimum atomic E-state index is 0.266. The molecule has 5 rings (SSSR count). The molecule has 2 aliphatic heterocycles. The number of nitrogens with zero attached hydrogens (tertiary/aromatic N) is 1. The molecule has 4 heteroatoms. The van der Waals surface area contributed by atoms with E-state index in [4.69, 9.17) is 4.74 Å². The molecule has 0 amide bonds. The summed E-state index contributed by atoms with van der Waals surface area (Å²) in [6, 6.07) is 28.6. The smallest absolute Gasteiger partial charge is 0.119 e. The van der Waals surface area contributed by atoms with E-state index in [2.05, 4.69) is 94.6 Å². The predicted octanol–water partition coefficient (Wildman–Crippen LogP) is 4.61. The molecular formula is C25H27N3O. The average molecular weight is 386 g/mol. The molecule has 0 aromatic heterocycles. The van der Waals surface area contributed by atoms with Gasteiger partial charge in [0.1, 0.15) is 5.75 Å². The molecule has 1 fully saturated rings. The van der Waals surface area contributed by atoms with Gasteiger partial charge in [0.15, 0.2) is 0 Å². The first-order valence-corrected chi connectivity index (χ1v) is 10.4. The molecule has 148 valence electrons. The van der Waals surface area contributed by atoms with Crippen molar-refractivity contribution in [1.82, 2.24) is 10.9 Å². The second-order valence-corrected chi connectivity index (χ2v) is 7.84. The first-order valence-electron chi connectivity index (χ1n) is 10.4. The van der Waals surface area contributed by atoms with E-state index in [-0.39, 0.29) is 12.1 Å². The average Bonchev–Trinajstić information content (AvgIpc) is 3.19. The molecule has 4 nitrogen and oxygen atoms in total. The molecule has 0 radical (unpaired) electrons. The van der Waals surface area contributed by atoms with Crippen molar-refractivity contribution in [1.29, 1.82) is 0 Å². The van der Waals surface area contributed by atoms with Gasteiger partial charge in [-0.25, -0.2) is 10.9 Å². The highest BCUT2D eigenvalue weighted by atomic mass is 16.5. The summed E-state index contributed by atoms with van der Waals surface area (Å²) >= 11 is 0. The Morgan fingerprint density at radius 1 is 0.897 bits per heavy atom. The molecule has 0 aliphatic carbocycles. The summed E-state index contributed by atoms with van der Waals surface area (Å²) in [5, 5.41) is 0. The van der Waals surface area contributed by atoms with Gasteiger partial charge in [0.25, 0.3) is 0 Å². The molecule has 0 bridgehead atoms. The third-order valence-electron chi connectivity index (χ3n) is 6.04. The van der Waals surface area contributed by atoms with Crippen LogP contribution in [0.4, 0.5) is 5.69 Å². The third kappa shape index (κ3) is 3.50. The van der Waals surface area contributed by atoms with E-state index in [0.29, 0.717) is 12.5 Å². The second kappa shape index (κ2) is 7.90. The fourth-order valence-corrected chi connectivity index (χ4v) is 4.73. The zero-order chi connectivity index (χ0) is 19.6. The predicted molar refractivity (Wildman–Crippen MR) is 117 cm³/mol. The molecule has 3 aromatic carbocycles. The van der Waals surface area contributed by atoms with E-state index >= 15 is 0 Å². The first-order chi connectivity index (χ1) is 14.3. The second-order valence-electron chi connectivity index (χ2n) is 7.84.